The SMILES string of the molecule is O=C1C2CCCN2C(=O)C2(CCN(CCCCCc3ccccc3)CC2)N1Cc1ccccc1. The predicted octanol–water partition coefficient (Wildman–Crippen LogP) is 4.27. The number of piperidine rings is 1. The van der Waals surface area contributed by atoms with E-state index in [-0.39, 0.29) is 17.9 Å². The summed E-state index contributed by atoms with van der Waals surface area (Å²) in [5.41, 5.74) is 1.86. The summed E-state index contributed by atoms with van der Waals surface area (Å²) in [6.45, 7) is 4.14. The number of aryl methyl sites for hydroxylation is 1. The summed E-state index contributed by atoms with van der Waals surface area (Å²) in [4.78, 5) is 33.8. The van der Waals surface area contributed by atoms with Crippen molar-refractivity contribution in [3.05, 3.63) is 71.8 Å². The zero-order valence-electron chi connectivity index (χ0n) is 20.2. The molecule has 3 saturated heterocycles. The molecule has 2 amide bonds. The first kappa shape index (κ1) is 23.1. The highest BCUT2D eigenvalue weighted by molar-refractivity contribution is 6.00. The van der Waals surface area contributed by atoms with Gasteiger partial charge in [0.25, 0.3) is 0 Å². The van der Waals surface area contributed by atoms with Gasteiger partial charge in [-0.05, 0) is 62.6 Å². The Kier molecular flexibility index (Phi) is 7.00. The van der Waals surface area contributed by atoms with Crippen LogP contribution >= 0.6 is 0 Å². The summed E-state index contributed by atoms with van der Waals surface area (Å²) in [6.07, 6.45) is 8.02. The molecule has 0 bridgehead atoms. The molecule has 1 unspecified atom stereocenters. The van der Waals surface area contributed by atoms with Crippen LogP contribution in [0.15, 0.2) is 60.7 Å². The number of carbonyl (C=O) groups excluding carboxylic acids is 2. The fourth-order valence-electron chi connectivity index (χ4n) is 6.15. The van der Waals surface area contributed by atoms with Gasteiger partial charge in [-0.15, -0.1) is 0 Å². The lowest BCUT2D eigenvalue weighted by atomic mass is 9.80. The number of hydrogen-bond acceptors (Lipinski definition) is 3. The first-order valence-electron chi connectivity index (χ1n) is 13.1. The van der Waals surface area contributed by atoms with E-state index in [1.807, 2.05) is 28.0 Å². The van der Waals surface area contributed by atoms with E-state index in [2.05, 4.69) is 47.4 Å². The molecule has 1 atom stereocenters. The number of benzene rings is 2. The van der Waals surface area contributed by atoms with Crippen LogP contribution in [0, 0.1) is 0 Å². The summed E-state index contributed by atoms with van der Waals surface area (Å²) in [7, 11) is 0. The van der Waals surface area contributed by atoms with Crippen LogP contribution in [0.5, 0.6) is 0 Å². The number of hydrogen-bond donors (Lipinski definition) is 0. The van der Waals surface area contributed by atoms with Gasteiger partial charge in [0.15, 0.2) is 0 Å². The molecule has 0 aromatic heterocycles. The van der Waals surface area contributed by atoms with Crippen molar-refractivity contribution in [3.63, 3.8) is 0 Å². The van der Waals surface area contributed by atoms with E-state index in [1.165, 1.54) is 24.8 Å². The fraction of sp³-hybridized carbons (Fsp3) is 0.517. The van der Waals surface area contributed by atoms with Gasteiger partial charge in [0.05, 0.1) is 0 Å². The molecule has 2 aromatic rings. The minimum Gasteiger partial charge on any atom is -0.329 e. The van der Waals surface area contributed by atoms with Crippen molar-refractivity contribution in [2.24, 2.45) is 0 Å². The maximum absolute atomic E-state index is 13.8. The highest BCUT2D eigenvalue weighted by Gasteiger charge is 2.57. The van der Waals surface area contributed by atoms with Gasteiger partial charge in [0, 0.05) is 26.2 Å². The second kappa shape index (κ2) is 10.3. The van der Waals surface area contributed by atoms with Crippen molar-refractivity contribution in [1.29, 1.82) is 0 Å². The Morgan fingerprint density at radius 2 is 1.47 bits per heavy atom. The highest BCUT2D eigenvalue weighted by atomic mass is 16.2. The summed E-state index contributed by atoms with van der Waals surface area (Å²) in [5, 5.41) is 0. The van der Waals surface area contributed by atoms with Gasteiger partial charge in [-0.2, -0.15) is 0 Å². The highest BCUT2D eigenvalue weighted by Crippen LogP contribution is 2.40. The maximum Gasteiger partial charge on any atom is 0.249 e. The minimum absolute atomic E-state index is 0.162. The summed E-state index contributed by atoms with van der Waals surface area (Å²) in [6, 6.07) is 20.6. The molecule has 0 radical (unpaired) electrons. The van der Waals surface area contributed by atoms with E-state index >= 15 is 0 Å². The number of fused-ring (bicyclic) bond motifs is 1. The molecular weight excluding hydrogens is 422 g/mol. The van der Waals surface area contributed by atoms with E-state index in [0.717, 1.165) is 63.8 Å². The molecule has 0 N–H and O–H groups in total. The number of rotatable bonds is 8. The quantitative estimate of drug-likeness (QED) is 0.554. The molecule has 3 aliphatic rings. The lowest BCUT2D eigenvalue weighted by Crippen LogP contribution is -2.72. The minimum atomic E-state index is -0.669. The molecule has 180 valence electrons. The maximum atomic E-state index is 13.8. The third-order valence-corrected chi connectivity index (χ3v) is 8.13. The second-order valence-corrected chi connectivity index (χ2v) is 10.2. The monoisotopic (exact) mass is 459 g/mol. The molecule has 34 heavy (non-hydrogen) atoms. The zero-order valence-corrected chi connectivity index (χ0v) is 20.2. The number of carbonyl (C=O) groups is 2. The fourth-order valence-corrected chi connectivity index (χ4v) is 6.15. The average Bonchev–Trinajstić information content (AvgIpc) is 3.38. The lowest BCUT2D eigenvalue weighted by Gasteiger charge is -2.53. The lowest BCUT2D eigenvalue weighted by molar-refractivity contribution is -0.173. The third kappa shape index (κ3) is 4.63. The van der Waals surface area contributed by atoms with Crippen molar-refractivity contribution in [1.82, 2.24) is 14.7 Å². The van der Waals surface area contributed by atoms with Crippen molar-refractivity contribution in [2.45, 2.75) is 69.5 Å². The summed E-state index contributed by atoms with van der Waals surface area (Å²) in [5.74, 6) is 0.364. The van der Waals surface area contributed by atoms with Gasteiger partial charge in [-0.3, -0.25) is 9.59 Å². The standard InChI is InChI=1S/C29H37N3O2/c33-27-26-16-10-20-31(26)28(34)29(32(27)23-25-14-6-2-7-15-25)17-21-30(22-18-29)19-9-3-8-13-24-11-4-1-5-12-24/h1-2,4-7,11-12,14-15,26H,3,8-10,13,16-23H2. The van der Waals surface area contributed by atoms with Gasteiger partial charge >= 0.3 is 0 Å². The Hall–Kier alpha value is -2.66. The van der Waals surface area contributed by atoms with Crippen molar-refractivity contribution in [3.8, 4) is 0 Å². The van der Waals surface area contributed by atoms with E-state index < -0.39 is 5.54 Å². The molecule has 0 aliphatic carbocycles. The molecule has 5 heteroatoms. The first-order valence-corrected chi connectivity index (χ1v) is 13.1. The largest absolute Gasteiger partial charge is 0.329 e. The number of amides is 2. The van der Waals surface area contributed by atoms with Crippen molar-refractivity contribution in [2.75, 3.05) is 26.2 Å². The molecule has 3 heterocycles. The number of piperazine rings is 1. The molecule has 3 aliphatic heterocycles. The normalized spacial score (nSPS) is 22.4. The predicted molar refractivity (Wildman–Crippen MR) is 134 cm³/mol. The third-order valence-electron chi connectivity index (χ3n) is 8.13. The van der Waals surface area contributed by atoms with Crippen LogP contribution in [0.3, 0.4) is 0 Å². The Bertz CT molecular complexity index is 969. The molecule has 3 fully saturated rings. The topological polar surface area (TPSA) is 43.9 Å². The van der Waals surface area contributed by atoms with E-state index in [4.69, 9.17) is 0 Å². The van der Waals surface area contributed by atoms with Gasteiger partial charge in [-0.1, -0.05) is 67.1 Å². The van der Waals surface area contributed by atoms with Crippen LogP contribution in [-0.2, 0) is 22.6 Å². The number of likely N-dealkylation sites (tertiary alicyclic amines) is 1. The van der Waals surface area contributed by atoms with E-state index in [0.29, 0.717) is 6.54 Å². The van der Waals surface area contributed by atoms with Crippen LogP contribution in [0.1, 0.15) is 56.1 Å². The van der Waals surface area contributed by atoms with Crippen LogP contribution < -0.4 is 0 Å². The van der Waals surface area contributed by atoms with Crippen molar-refractivity contribution >= 4 is 11.8 Å². The van der Waals surface area contributed by atoms with E-state index in [9.17, 15) is 9.59 Å². The molecular formula is C29H37N3O2. The first-order chi connectivity index (χ1) is 16.7. The van der Waals surface area contributed by atoms with Gasteiger partial charge in [0.1, 0.15) is 11.6 Å². The zero-order chi connectivity index (χ0) is 23.4. The van der Waals surface area contributed by atoms with Gasteiger partial charge < -0.3 is 14.7 Å². The Morgan fingerprint density at radius 1 is 0.794 bits per heavy atom. The van der Waals surface area contributed by atoms with Crippen LogP contribution in [-0.4, -0.2) is 64.3 Å². The average molecular weight is 460 g/mol. The Balaban J connectivity index is 1.20. The Morgan fingerprint density at radius 3 is 2.18 bits per heavy atom. The van der Waals surface area contributed by atoms with Crippen LogP contribution in [0.2, 0.25) is 0 Å². The Labute approximate surface area is 203 Å². The number of nitrogens with zero attached hydrogens (tertiary/aromatic N) is 3. The molecule has 5 rings (SSSR count). The summed E-state index contributed by atoms with van der Waals surface area (Å²) >= 11 is 0. The van der Waals surface area contributed by atoms with Crippen LogP contribution in [0.4, 0.5) is 0 Å². The van der Waals surface area contributed by atoms with Gasteiger partial charge in [-0.25, -0.2) is 0 Å². The summed E-state index contributed by atoms with van der Waals surface area (Å²) < 4.78 is 0. The molecule has 5 nitrogen and oxygen atoms in total. The molecule has 2 aromatic carbocycles. The van der Waals surface area contributed by atoms with Crippen LogP contribution in [0.25, 0.3) is 0 Å². The van der Waals surface area contributed by atoms with E-state index in [1.54, 1.807) is 0 Å². The molecule has 0 saturated carbocycles. The van der Waals surface area contributed by atoms with Crippen molar-refractivity contribution < 1.29 is 9.59 Å². The smallest absolute Gasteiger partial charge is 0.249 e. The number of unbranched alkanes of at least 4 members (excludes halogenated alkanes) is 2. The molecule has 1 spiro atoms. The second-order valence-electron chi connectivity index (χ2n) is 10.2. The van der Waals surface area contributed by atoms with Gasteiger partial charge in [0.2, 0.25) is 11.8 Å².